The third-order valence-electron chi connectivity index (χ3n) is 3.06. The lowest BCUT2D eigenvalue weighted by atomic mass is 9.89. The zero-order valence-corrected chi connectivity index (χ0v) is 8.78. The van der Waals surface area contributed by atoms with E-state index >= 15 is 0 Å². The Morgan fingerprint density at radius 1 is 1.47 bits per heavy atom. The Bertz CT molecular complexity index is 305. The van der Waals surface area contributed by atoms with Crippen molar-refractivity contribution in [3.63, 3.8) is 0 Å². The van der Waals surface area contributed by atoms with E-state index in [2.05, 4.69) is 5.32 Å². The SMILES string of the molecule is N[C@@H](c1ccc(CO)o1)C1CCNCC1. The van der Waals surface area contributed by atoms with Crippen molar-refractivity contribution in [1.82, 2.24) is 5.32 Å². The number of furan rings is 1. The number of hydrogen-bond donors (Lipinski definition) is 3. The minimum atomic E-state index is -0.0566. The van der Waals surface area contributed by atoms with Crippen molar-refractivity contribution < 1.29 is 9.52 Å². The van der Waals surface area contributed by atoms with E-state index in [4.69, 9.17) is 15.3 Å². The molecular weight excluding hydrogens is 192 g/mol. The van der Waals surface area contributed by atoms with E-state index in [-0.39, 0.29) is 12.6 Å². The van der Waals surface area contributed by atoms with Crippen LogP contribution in [0.3, 0.4) is 0 Å². The third kappa shape index (κ3) is 2.40. The van der Waals surface area contributed by atoms with Gasteiger partial charge in [-0.2, -0.15) is 0 Å². The van der Waals surface area contributed by atoms with E-state index < -0.39 is 0 Å². The smallest absolute Gasteiger partial charge is 0.129 e. The second-order valence-electron chi connectivity index (χ2n) is 4.08. The van der Waals surface area contributed by atoms with Crippen LogP contribution in [0, 0.1) is 5.92 Å². The van der Waals surface area contributed by atoms with Gasteiger partial charge in [-0.1, -0.05) is 0 Å². The van der Waals surface area contributed by atoms with Gasteiger partial charge in [0.1, 0.15) is 18.1 Å². The quantitative estimate of drug-likeness (QED) is 0.689. The highest BCUT2D eigenvalue weighted by Gasteiger charge is 2.23. The molecule has 1 aliphatic rings. The lowest BCUT2D eigenvalue weighted by Crippen LogP contribution is -2.33. The van der Waals surface area contributed by atoms with Crippen LogP contribution in [0.2, 0.25) is 0 Å². The maximum absolute atomic E-state index is 8.90. The molecular formula is C11H18N2O2. The van der Waals surface area contributed by atoms with E-state index in [1.54, 1.807) is 6.07 Å². The van der Waals surface area contributed by atoms with Crippen molar-refractivity contribution in [3.05, 3.63) is 23.7 Å². The first-order chi connectivity index (χ1) is 7.31. The fourth-order valence-electron chi connectivity index (χ4n) is 2.09. The van der Waals surface area contributed by atoms with E-state index in [0.29, 0.717) is 11.7 Å². The number of nitrogens with two attached hydrogens (primary N) is 1. The molecule has 0 radical (unpaired) electrons. The number of aliphatic hydroxyl groups is 1. The molecule has 4 heteroatoms. The zero-order chi connectivity index (χ0) is 10.7. The molecule has 0 aromatic carbocycles. The van der Waals surface area contributed by atoms with E-state index in [0.717, 1.165) is 31.7 Å². The van der Waals surface area contributed by atoms with Crippen LogP contribution in [0.5, 0.6) is 0 Å². The van der Waals surface area contributed by atoms with Gasteiger partial charge in [-0.25, -0.2) is 0 Å². The molecule has 1 aromatic rings. The second-order valence-corrected chi connectivity index (χ2v) is 4.08. The summed E-state index contributed by atoms with van der Waals surface area (Å²) in [5.74, 6) is 1.88. The summed E-state index contributed by atoms with van der Waals surface area (Å²) in [6.07, 6.45) is 2.19. The Kier molecular flexibility index (Phi) is 3.41. The Morgan fingerprint density at radius 3 is 2.80 bits per heavy atom. The van der Waals surface area contributed by atoms with Gasteiger partial charge < -0.3 is 20.6 Å². The van der Waals surface area contributed by atoms with Gasteiger partial charge in [0.2, 0.25) is 0 Å². The van der Waals surface area contributed by atoms with Gasteiger partial charge in [-0.3, -0.25) is 0 Å². The summed E-state index contributed by atoms with van der Waals surface area (Å²) in [5, 5.41) is 12.2. The normalized spacial score (nSPS) is 20.4. The summed E-state index contributed by atoms with van der Waals surface area (Å²) in [6.45, 7) is 2.01. The maximum atomic E-state index is 8.90. The molecule has 0 unspecified atom stereocenters. The molecule has 0 bridgehead atoms. The summed E-state index contributed by atoms with van der Waals surface area (Å²) < 4.78 is 5.45. The number of aliphatic hydroxyl groups excluding tert-OH is 1. The molecule has 2 heterocycles. The second kappa shape index (κ2) is 4.79. The molecule has 1 fully saturated rings. The number of hydrogen-bond acceptors (Lipinski definition) is 4. The van der Waals surface area contributed by atoms with E-state index in [1.165, 1.54) is 0 Å². The van der Waals surface area contributed by atoms with E-state index in [9.17, 15) is 0 Å². The standard InChI is InChI=1S/C11H18N2O2/c12-11(8-3-5-13-6-4-8)10-2-1-9(7-14)15-10/h1-2,8,11,13-14H,3-7,12H2/t11-/m1/s1. The molecule has 1 aromatic heterocycles. The predicted octanol–water partition coefficient (Wildman–Crippen LogP) is 0.771. The number of piperidine rings is 1. The summed E-state index contributed by atoms with van der Waals surface area (Å²) >= 11 is 0. The summed E-state index contributed by atoms with van der Waals surface area (Å²) in [6, 6.07) is 3.63. The van der Waals surface area contributed by atoms with Crippen LogP contribution in [0.25, 0.3) is 0 Å². The number of nitrogens with one attached hydrogen (secondary N) is 1. The van der Waals surface area contributed by atoms with Crippen LogP contribution >= 0.6 is 0 Å². The van der Waals surface area contributed by atoms with Crippen LogP contribution < -0.4 is 11.1 Å². The molecule has 1 atom stereocenters. The van der Waals surface area contributed by atoms with Crippen LogP contribution in [0.15, 0.2) is 16.5 Å². The fourth-order valence-corrected chi connectivity index (χ4v) is 2.09. The maximum Gasteiger partial charge on any atom is 0.129 e. The van der Waals surface area contributed by atoms with Gasteiger partial charge >= 0.3 is 0 Å². The topological polar surface area (TPSA) is 71.4 Å². The van der Waals surface area contributed by atoms with Gasteiger partial charge in [0.15, 0.2) is 0 Å². The molecule has 1 saturated heterocycles. The highest BCUT2D eigenvalue weighted by Crippen LogP contribution is 2.27. The van der Waals surface area contributed by atoms with Gasteiger partial charge in [-0.15, -0.1) is 0 Å². The molecule has 4 N–H and O–H groups in total. The Hall–Kier alpha value is -0.840. The molecule has 4 nitrogen and oxygen atoms in total. The molecule has 0 saturated carbocycles. The van der Waals surface area contributed by atoms with Gasteiger partial charge in [0.05, 0.1) is 6.04 Å². The Morgan fingerprint density at radius 2 is 2.20 bits per heavy atom. The summed E-state index contributed by atoms with van der Waals surface area (Å²) in [7, 11) is 0. The van der Waals surface area contributed by atoms with Crippen LogP contribution in [-0.2, 0) is 6.61 Å². The zero-order valence-electron chi connectivity index (χ0n) is 8.78. The largest absolute Gasteiger partial charge is 0.462 e. The third-order valence-corrected chi connectivity index (χ3v) is 3.06. The highest BCUT2D eigenvalue weighted by molar-refractivity contribution is 5.11. The average Bonchev–Trinajstić information content (AvgIpc) is 2.78. The predicted molar refractivity (Wildman–Crippen MR) is 57.2 cm³/mol. The molecule has 15 heavy (non-hydrogen) atoms. The van der Waals surface area contributed by atoms with Crippen molar-refractivity contribution in [2.75, 3.05) is 13.1 Å². The first kappa shape index (κ1) is 10.7. The molecule has 0 spiro atoms. The molecule has 2 rings (SSSR count). The minimum absolute atomic E-state index is 0.0348. The lowest BCUT2D eigenvalue weighted by molar-refractivity contribution is 0.231. The summed E-state index contributed by atoms with van der Waals surface area (Å²) in [4.78, 5) is 0. The molecule has 0 aliphatic carbocycles. The first-order valence-corrected chi connectivity index (χ1v) is 5.47. The highest BCUT2D eigenvalue weighted by atomic mass is 16.4. The van der Waals surface area contributed by atoms with Gasteiger partial charge in [-0.05, 0) is 44.0 Å². The summed E-state index contributed by atoms with van der Waals surface area (Å²) in [5.41, 5.74) is 6.13. The number of rotatable bonds is 3. The van der Waals surface area contributed by atoms with Crippen LogP contribution in [0.4, 0.5) is 0 Å². The van der Waals surface area contributed by atoms with Crippen molar-refractivity contribution >= 4 is 0 Å². The Labute approximate surface area is 89.5 Å². The van der Waals surface area contributed by atoms with Gasteiger partial charge in [0, 0.05) is 0 Å². The fraction of sp³-hybridized carbons (Fsp3) is 0.636. The van der Waals surface area contributed by atoms with Crippen LogP contribution in [-0.4, -0.2) is 18.2 Å². The van der Waals surface area contributed by atoms with Crippen LogP contribution in [0.1, 0.15) is 30.4 Å². The average molecular weight is 210 g/mol. The van der Waals surface area contributed by atoms with Crippen molar-refractivity contribution in [1.29, 1.82) is 0 Å². The Balaban J connectivity index is 2.02. The molecule has 0 amide bonds. The molecule has 1 aliphatic heterocycles. The minimum Gasteiger partial charge on any atom is -0.462 e. The van der Waals surface area contributed by atoms with Crippen molar-refractivity contribution in [3.8, 4) is 0 Å². The lowest BCUT2D eigenvalue weighted by Gasteiger charge is -2.26. The monoisotopic (exact) mass is 210 g/mol. The van der Waals surface area contributed by atoms with Crippen molar-refractivity contribution in [2.24, 2.45) is 11.7 Å². The van der Waals surface area contributed by atoms with E-state index in [1.807, 2.05) is 6.07 Å². The first-order valence-electron chi connectivity index (χ1n) is 5.47. The van der Waals surface area contributed by atoms with Gasteiger partial charge in [0.25, 0.3) is 0 Å². The van der Waals surface area contributed by atoms with Crippen molar-refractivity contribution in [2.45, 2.75) is 25.5 Å². The molecule has 84 valence electrons.